The maximum atomic E-state index is 10.5. The number of hydrogen-bond acceptors (Lipinski definition) is 6. The van der Waals surface area contributed by atoms with E-state index < -0.39 is 5.97 Å². The van der Waals surface area contributed by atoms with E-state index in [2.05, 4.69) is 28.9 Å². The Morgan fingerprint density at radius 2 is 2.33 bits per heavy atom. The summed E-state index contributed by atoms with van der Waals surface area (Å²) in [4.78, 5) is 12.8. The SMILES string of the molecule is CCC1CCC(C)N1c1nnc(SCC(=O)O)s1. The molecule has 7 heteroatoms. The van der Waals surface area contributed by atoms with Crippen LogP contribution in [0.2, 0.25) is 0 Å². The molecule has 5 nitrogen and oxygen atoms in total. The smallest absolute Gasteiger partial charge is 0.313 e. The second-order valence-electron chi connectivity index (χ2n) is 4.43. The van der Waals surface area contributed by atoms with E-state index in [4.69, 9.17) is 5.11 Å². The largest absolute Gasteiger partial charge is 0.481 e. The topological polar surface area (TPSA) is 66.3 Å². The van der Waals surface area contributed by atoms with Gasteiger partial charge in [-0.25, -0.2) is 0 Å². The van der Waals surface area contributed by atoms with Gasteiger partial charge in [0.05, 0.1) is 5.75 Å². The number of thioether (sulfide) groups is 1. The quantitative estimate of drug-likeness (QED) is 0.839. The minimum absolute atomic E-state index is 0.0430. The summed E-state index contributed by atoms with van der Waals surface area (Å²) in [6.07, 6.45) is 3.51. The number of nitrogens with zero attached hydrogens (tertiary/aromatic N) is 3. The second kappa shape index (κ2) is 5.88. The third kappa shape index (κ3) is 2.95. The van der Waals surface area contributed by atoms with Crippen LogP contribution in [0.3, 0.4) is 0 Å². The lowest BCUT2D eigenvalue weighted by atomic mass is 10.2. The predicted octanol–water partition coefficient (Wildman–Crippen LogP) is 2.48. The predicted molar refractivity (Wildman–Crippen MR) is 73.5 cm³/mol. The summed E-state index contributed by atoms with van der Waals surface area (Å²) in [5.41, 5.74) is 0. The van der Waals surface area contributed by atoms with Crippen molar-refractivity contribution in [3.8, 4) is 0 Å². The molecule has 1 aliphatic rings. The van der Waals surface area contributed by atoms with Crippen LogP contribution in [0.15, 0.2) is 4.34 Å². The molecule has 0 radical (unpaired) electrons. The van der Waals surface area contributed by atoms with Gasteiger partial charge in [0, 0.05) is 12.1 Å². The molecule has 2 heterocycles. The lowest BCUT2D eigenvalue weighted by Crippen LogP contribution is -2.33. The number of aliphatic carboxylic acids is 1. The summed E-state index contributed by atoms with van der Waals surface area (Å²) < 4.78 is 0.737. The Bertz CT molecular complexity index is 424. The molecule has 1 saturated heterocycles. The first-order valence-electron chi connectivity index (χ1n) is 6.08. The lowest BCUT2D eigenvalue weighted by molar-refractivity contribution is -0.133. The summed E-state index contributed by atoms with van der Waals surface area (Å²) >= 11 is 2.74. The van der Waals surface area contributed by atoms with Crippen LogP contribution in [-0.4, -0.2) is 39.1 Å². The van der Waals surface area contributed by atoms with Gasteiger partial charge in [-0.15, -0.1) is 10.2 Å². The zero-order valence-electron chi connectivity index (χ0n) is 10.5. The molecule has 1 fully saturated rings. The van der Waals surface area contributed by atoms with Crippen LogP contribution in [0, 0.1) is 0 Å². The summed E-state index contributed by atoms with van der Waals surface area (Å²) in [6, 6.07) is 1.05. The first-order valence-corrected chi connectivity index (χ1v) is 7.88. The molecule has 2 rings (SSSR count). The molecule has 2 unspecified atom stereocenters. The molecular formula is C11H17N3O2S2. The van der Waals surface area contributed by atoms with Crippen LogP contribution >= 0.6 is 23.1 Å². The van der Waals surface area contributed by atoms with Crippen molar-refractivity contribution in [3.63, 3.8) is 0 Å². The van der Waals surface area contributed by atoms with Crippen molar-refractivity contribution >= 4 is 34.2 Å². The van der Waals surface area contributed by atoms with Crippen molar-refractivity contribution < 1.29 is 9.90 Å². The van der Waals surface area contributed by atoms with Gasteiger partial charge in [0.2, 0.25) is 5.13 Å². The fraction of sp³-hybridized carbons (Fsp3) is 0.727. The van der Waals surface area contributed by atoms with E-state index in [1.165, 1.54) is 35.9 Å². The normalized spacial score (nSPS) is 23.6. The molecule has 1 aromatic rings. The molecule has 0 aliphatic carbocycles. The number of carboxylic acids is 1. The Kier molecular flexibility index (Phi) is 4.45. The molecule has 1 aromatic heterocycles. The van der Waals surface area contributed by atoms with E-state index in [1.54, 1.807) is 0 Å². The first kappa shape index (κ1) is 13.6. The minimum atomic E-state index is -0.822. The van der Waals surface area contributed by atoms with Crippen LogP contribution < -0.4 is 4.90 Å². The summed E-state index contributed by atoms with van der Waals surface area (Å²) in [7, 11) is 0. The van der Waals surface area contributed by atoms with Gasteiger partial charge in [-0.1, -0.05) is 30.0 Å². The van der Waals surface area contributed by atoms with Gasteiger partial charge in [-0.2, -0.15) is 0 Å². The molecule has 0 bridgehead atoms. The number of hydrogen-bond donors (Lipinski definition) is 1. The average molecular weight is 287 g/mol. The van der Waals surface area contributed by atoms with E-state index >= 15 is 0 Å². The average Bonchev–Trinajstić information content (AvgIpc) is 2.92. The maximum absolute atomic E-state index is 10.5. The summed E-state index contributed by atoms with van der Waals surface area (Å²) in [6.45, 7) is 4.40. The van der Waals surface area contributed by atoms with E-state index in [9.17, 15) is 4.79 Å². The van der Waals surface area contributed by atoms with Crippen molar-refractivity contribution in [1.29, 1.82) is 0 Å². The molecule has 0 saturated carbocycles. The van der Waals surface area contributed by atoms with E-state index in [0.29, 0.717) is 12.1 Å². The molecule has 0 amide bonds. The highest BCUT2D eigenvalue weighted by atomic mass is 32.2. The van der Waals surface area contributed by atoms with E-state index in [-0.39, 0.29) is 5.75 Å². The Labute approximate surface area is 115 Å². The Balaban J connectivity index is 2.06. The summed E-state index contributed by atoms with van der Waals surface area (Å²) in [5.74, 6) is -0.779. The van der Waals surface area contributed by atoms with E-state index in [0.717, 1.165) is 15.9 Å². The van der Waals surface area contributed by atoms with Crippen molar-refractivity contribution in [2.45, 2.75) is 49.5 Å². The number of carbonyl (C=O) groups is 1. The van der Waals surface area contributed by atoms with E-state index in [1.807, 2.05) is 0 Å². The van der Waals surface area contributed by atoms with Gasteiger partial charge in [0.25, 0.3) is 0 Å². The van der Waals surface area contributed by atoms with Crippen molar-refractivity contribution in [1.82, 2.24) is 10.2 Å². The monoisotopic (exact) mass is 287 g/mol. The zero-order chi connectivity index (χ0) is 13.1. The number of aromatic nitrogens is 2. The first-order chi connectivity index (χ1) is 8.61. The molecule has 2 atom stereocenters. The van der Waals surface area contributed by atoms with Crippen molar-refractivity contribution in [3.05, 3.63) is 0 Å². The van der Waals surface area contributed by atoms with Gasteiger partial charge >= 0.3 is 5.97 Å². The van der Waals surface area contributed by atoms with Gasteiger partial charge < -0.3 is 10.0 Å². The van der Waals surface area contributed by atoms with Crippen LogP contribution in [-0.2, 0) is 4.79 Å². The van der Waals surface area contributed by atoms with Gasteiger partial charge in [0.15, 0.2) is 4.34 Å². The highest BCUT2D eigenvalue weighted by Crippen LogP contribution is 2.36. The van der Waals surface area contributed by atoms with Crippen LogP contribution in [0.4, 0.5) is 5.13 Å². The van der Waals surface area contributed by atoms with Crippen molar-refractivity contribution in [2.75, 3.05) is 10.7 Å². The lowest BCUT2D eigenvalue weighted by Gasteiger charge is -2.26. The Hall–Kier alpha value is -0.820. The molecule has 1 N–H and O–H groups in total. The number of carboxylic acid groups (broad SMARTS) is 1. The maximum Gasteiger partial charge on any atom is 0.313 e. The standard InChI is InChI=1S/C11H17N3O2S2/c1-3-8-5-4-7(2)14(8)10-12-13-11(18-10)17-6-9(15)16/h7-8H,3-6H2,1-2H3,(H,15,16). The van der Waals surface area contributed by atoms with Gasteiger partial charge in [-0.05, 0) is 26.2 Å². The van der Waals surface area contributed by atoms with Gasteiger partial charge in [-0.3, -0.25) is 4.79 Å². The third-order valence-corrected chi connectivity index (χ3v) is 5.25. The molecule has 100 valence electrons. The zero-order valence-corrected chi connectivity index (χ0v) is 12.1. The van der Waals surface area contributed by atoms with Crippen molar-refractivity contribution in [2.24, 2.45) is 0 Å². The van der Waals surface area contributed by atoms with Gasteiger partial charge in [0.1, 0.15) is 0 Å². The highest BCUT2D eigenvalue weighted by Gasteiger charge is 2.31. The summed E-state index contributed by atoms with van der Waals surface area (Å²) in [5, 5.41) is 17.8. The van der Waals surface area contributed by atoms with Crippen LogP contribution in [0.1, 0.15) is 33.1 Å². The number of anilines is 1. The number of rotatable bonds is 5. The molecule has 18 heavy (non-hydrogen) atoms. The second-order valence-corrected chi connectivity index (χ2v) is 6.61. The molecule has 1 aliphatic heterocycles. The van der Waals surface area contributed by atoms with Crippen LogP contribution in [0.5, 0.6) is 0 Å². The minimum Gasteiger partial charge on any atom is -0.481 e. The fourth-order valence-corrected chi connectivity index (χ4v) is 4.04. The fourth-order valence-electron chi connectivity index (χ4n) is 2.31. The molecular weight excluding hydrogens is 270 g/mol. The van der Waals surface area contributed by atoms with Crippen LogP contribution in [0.25, 0.3) is 0 Å². The Morgan fingerprint density at radius 1 is 1.56 bits per heavy atom. The highest BCUT2D eigenvalue weighted by molar-refractivity contribution is 8.01. The molecule has 0 aromatic carbocycles. The third-order valence-electron chi connectivity index (χ3n) is 3.19. The Morgan fingerprint density at radius 3 is 3.00 bits per heavy atom. The molecule has 0 spiro atoms.